The van der Waals surface area contributed by atoms with E-state index in [9.17, 15) is 4.79 Å². The zero-order valence-corrected chi connectivity index (χ0v) is 10.1. The smallest absolute Gasteiger partial charge is 0.228 e. The Morgan fingerprint density at radius 3 is 3.12 bits per heavy atom. The molecule has 1 amide bonds. The van der Waals surface area contributed by atoms with E-state index in [1.54, 1.807) is 11.8 Å². The molecule has 1 fully saturated rings. The van der Waals surface area contributed by atoms with Gasteiger partial charge in [-0.3, -0.25) is 4.79 Å². The van der Waals surface area contributed by atoms with Crippen molar-refractivity contribution in [3.63, 3.8) is 0 Å². The summed E-state index contributed by atoms with van der Waals surface area (Å²) in [5.41, 5.74) is 0.892. The Labute approximate surface area is 100.0 Å². The summed E-state index contributed by atoms with van der Waals surface area (Å²) in [5.74, 6) is 0.251. The summed E-state index contributed by atoms with van der Waals surface area (Å²) in [4.78, 5) is 13.0. The number of amides is 1. The Kier molecular flexibility index (Phi) is 3.85. The van der Waals surface area contributed by atoms with Gasteiger partial charge in [-0.25, -0.2) is 0 Å². The largest absolute Gasteiger partial charge is 0.326 e. The van der Waals surface area contributed by atoms with E-state index in [4.69, 9.17) is 0 Å². The molecule has 1 aliphatic rings. The minimum Gasteiger partial charge on any atom is -0.326 e. The van der Waals surface area contributed by atoms with Crippen LogP contribution in [0.2, 0.25) is 0 Å². The van der Waals surface area contributed by atoms with Gasteiger partial charge in [0.15, 0.2) is 0 Å². The molecule has 3 nitrogen and oxygen atoms in total. The number of nitrogens with one attached hydrogen (secondary N) is 2. The molecule has 0 aromatic heterocycles. The fraction of sp³-hybridized carbons (Fsp3) is 0.417. The molecule has 1 aromatic rings. The molecule has 0 saturated carbocycles. The molecule has 4 heteroatoms. The summed E-state index contributed by atoms with van der Waals surface area (Å²) in [7, 11) is 0. The average molecular weight is 236 g/mol. The van der Waals surface area contributed by atoms with E-state index < -0.39 is 0 Å². The van der Waals surface area contributed by atoms with Crippen molar-refractivity contribution in [1.82, 2.24) is 5.32 Å². The zero-order valence-electron chi connectivity index (χ0n) is 9.32. The third kappa shape index (κ3) is 2.77. The van der Waals surface area contributed by atoms with Crippen LogP contribution in [0, 0.1) is 5.92 Å². The second-order valence-electron chi connectivity index (χ2n) is 3.91. The van der Waals surface area contributed by atoms with Crippen molar-refractivity contribution in [1.29, 1.82) is 0 Å². The van der Waals surface area contributed by atoms with E-state index in [1.807, 2.05) is 30.5 Å². The third-order valence-corrected chi connectivity index (χ3v) is 3.49. The zero-order chi connectivity index (χ0) is 11.4. The van der Waals surface area contributed by atoms with Crippen LogP contribution in [0.25, 0.3) is 0 Å². The van der Waals surface area contributed by atoms with Crippen molar-refractivity contribution in [2.75, 3.05) is 24.7 Å². The number of carbonyl (C=O) groups excluding carboxylic acids is 1. The summed E-state index contributed by atoms with van der Waals surface area (Å²) < 4.78 is 0. The molecule has 2 N–H and O–H groups in total. The number of anilines is 1. The predicted molar refractivity (Wildman–Crippen MR) is 67.8 cm³/mol. The topological polar surface area (TPSA) is 41.1 Å². The van der Waals surface area contributed by atoms with E-state index in [0.717, 1.165) is 25.2 Å². The number of rotatable bonds is 3. The molecule has 0 aliphatic carbocycles. The van der Waals surface area contributed by atoms with Gasteiger partial charge in [0.05, 0.1) is 5.92 Å². The highest BCUT2D eigenvalue weighted by atomic mass is 32.2. The summed E-state index contributed by atoms with van der Waals surface area (Å²) in [6.45, 7) is 1.75. The van der Waals surface area contributed by atoms with Gasteiger partial charge in [-0.05, 0) is 37.4 Å². The van der Waals surface area contributed by atoms with Gasteiger partial charge in [0.2, 0.25) is 5.91 Å². The van der Waals surface area contributed by atoms with Gasteiger partial charge < -0.3 is 10.6 Å². The van der Waals surface area contributed by atoms with Gasteiger partial charge >= 0.3 is 0 Å². The minimum atomic E-state index is 0.123. The molecule has 16 heavy (non-hydrogen) atoms. The van der Waals surface area contributed by atoms with Crippen LogP contribution in [-0.2, 0) is 4.79 Å². The predicted octanol–water partition coefficient (Wildman–Crippen LogP) is 1.96. The van der Waals surface area contributed by atoms with Crippen LogP contribution in [0.3, 0.4) is 0 Å². The Balaban J connectivity index is 1.99. The van der Waals surface area contributed by atoms with E-state index in [2.05, 4.69) is 10.6 Å². The Hall–Kier alpha value is -1.00. The summed E-state index contributed by atoms with van der Waals surface area (Å²) >= 11 is 1.68. The van der Waals surface area contributed by atoms with Gasteiger partial charge in [0.1, 0.15) is 0 Å². The van der Waals surface area contributed by atoms with Gasteiger partial charge in [-0.15, -0.1) is 11.8 Å². The van der Waals surface area contributed by atoms with Crippen LogP contribution >= 0.6 is 11.8 Å². The lowest BCUT2D eigenvalue weighted by molar-refractivity contribution is -0.119. The Bertz CT molecular complexity index is 375. The number of hydrogen-bond acceptors (Lipinski definition) is 3. The highest BCUT2D eigenvalue weighted by Gasteiger charge is 2.22. The fourth-order valence-corrected chi connectivity index (χ4v) is 2.28. The maximum atomic E-state index is 11.9. The van der Waals surface area contributed by atoms with Crippen LogP contribution in [0.4, 0.5) is 5.69 Å². The van der Waals surface area contributed by atoms with Gasteiger partial charge in [-0.1, -0.05) is 6.07 Å². The van der Waals surface area contributed by atoms with E-state index in [1.165, 1.54) is 4.90 Å². The van der Waals surface area contributed by atoms with Gasteiger partial charge in [0.25, 0.3) is 0 Å². The normalized spacial score (nSPS) is 19.7. The first-order valence-corrected chi connectivity index (χ1v) is 6.67. The van der Waals surface area contributed by atoms with Crippen molar-refractivity contribution >= 4 is 23.4 Å². The van der Waals surface area contributed by atoms with Gasteiger partial charge in [-0.2, -0.15) is 0 Å². The van der Waals surface area contributed by atoms with Crippen LogP contribution in [0.15, 0.2) is 29.2 Å². The molecule has 0 bridgehead atoms. The molecular formula is C12H16N2OS. The Morgan fingerprint density at radius 2 is 2.44 bits per heavy atom. The molecule has 0 radical (unpaired) electrons. The second-order valence-corrected chi connectivity index (χ2v) is 4.79. The molecule has 1 heterocycles. The van der Waals surface area contributed by atoms with E-state index >= 15 is 0 Å². The molecular weight excluding hydrogens is 220 g/mol. The molecule has 0 spiro atoms. The second kappa shape index (κ2) is 5.37. The maximum Gasteiger partial charge on any atom is 0.228 e. The molecule has 2 rings (SSSR count). The highest BCUT2D eigenvalue weighted by Crippen LogP contribution is 2.20. The minimum absolute atomic E-state index is 0.123. The van der Waals surface area contributed by atoms with Crippen molar-refractivity contribution in [3.05, 3.63) is 24.3 Å². The number of benzene rings is 1. The number of thioether (sulfide) groups is 1. The van der Waals surface area contributed by atoms with Crippen molar-refractivity contribution in [3.8, 4) is 0 Å². The SMILES string of the molecule is CSc1cccc(NC(=O)C2CCNC2)c1. The number of carbonyl (C=O) groups is 1. The average Bonchev–Trinajstić information content (AvgIpc) is 2.83. The molecule has 86 valence electrons. The van der Waals surface area contributed by atoms with E-state index in [0.29, 0.717) is 0 Å². The first-order chi connectivity index (χ1) is 7.79. The maximum absolute atomic E-state index is 11.9. The third-order valence-electron chi connectivity index (χ3n) is 2.77. The van der Waals surface area contributed by atoms with Gasteiger partial charge in [0, 0.05) is 17.1 Å². The molecule has 1 aromatic carbocycles. The van der Waals surface area contributed by atoms with Crippen molar-refractivity contribution in [2.24, 2.45) is 5.92 Å². The monoisotopic (exact) mass is 236 g/mol. The first kappa shape index (κ1) is 11.5. The molecule has 1 unspecified atom stereocenters. The van der Waals surface area contributed by atoms with E-state index in [-0.39, 0.29) is 11.8 Å². The van der Waals surface area contributed by atoms with Crippen LogP contribution in [0.5, 0.6) is 0 Å². The molecule has 1 aliphatic heterocycles. The fourth-order valence-electron chi connectivity index (χ4n) is 1.82. The lowest BCUT2D eigenvalue weighted by Gasteiger charge is -2.10. The van der Waals surface area contributed by atoms with Crippen LogP contribution in [0.1, 0.15) is 6.42 Å². The lowest BCUT2D eigenvalue weighted by atomic mass is 10.1. The molecule has 1 saturated heterocycles. The standard InChI is InChI=1S/C12H16N2OS/c1-16-11-4-2-3-10(7-11)14-12(15)9-5-6-13-8-9/h2-4,7,9,13H,5-6,8H2,1H3,(H,14,15). The highest BCUT2D eigenvalue weighted by molar-refractivity contribution is 7.98. The summed E-state index contributed by atoms with van der Waals surface area (Å²) in [6.07, 6.45) is 2.97. The summed E-state index contributed by atoms with van der Waals surface area (Å²) in [6, 6.07) is 7.94. The Morgan fingerprint density at radius 1 is 1.56 bits per heavy atom. The van der Waals surface area contributed by atoms with Crippen LogP contribution in [-0.4, -0.2) is 25.3 Å². The van der Waals surface area contributed by atoms with Crippen molar-refractivity contribution < 1.29 is 4.79 Å². The number of hydrogen-bond donors (Lipinski definition) is 2. The first-order valence-electron chi connectivity index (χ1n) is 5.45. The van der Waals surface area contributed by atoms with Crippen molar-refractivity contribution in [2.45, 2.75) is 11.3 Å². The summed E-state index contributed by atoms with van der Waals surface area (Å²) in [5, 5.41) is 6.16. The molecule has 1 atom stereocenters. The van der Waals surface area contributed by atoms with Crippen LogP contribution < -0.4 is 10.6 Å². The lowest BCUT2D eigenvalue weighted by Crippen LogP contribution is -2.24. The quantitative estimate of drug-likeness (QED) is 0.788.